The summed E-state index contributed by atoms with van der Waals surface area (Å²) in [6.07, 6.45) is 2.29. The van der Waals surface area contributed by atoms with Crippen LogP contribution in [0.3, 0.4) is 0 Å². The van der Waals surface area contributed by atoms with E-state index in [2.05, 4.69) is 6.58 Å². The average Bonchev–Trinajstić information content (AvgIpc) is 2.75. The second-order valence-corrected chi connectivity index (χ2v) is 7.94. The summed E-state index contributed by atoms with van der Waals surface area (Å²) in [5.41, 5.74) is 1.99. The Hall–Kier alpha value is -2.69. The second-order valence-electron chi connectivity index (χ2n) is 7.56. The molecule has 1 N–H and O–H groups in total. The Morgan fingerprint density at radius 1 is 1.10 bits per heavy atom. The first-order valence-corrected chi connectivity index (χ1v) is 10.6. The number of hydrogen-bond acceptors (Lipinski definition) is 2. The third-order valence-corrected chi connectivity index (χ3v) is 5.47. The highest BCUT2D eigenvalue weighted by molar-refractivity contribution is 6.34. The number of ether oxygens (including phenoxy) is 1. The van der Waals surface area contributed by atoms with Gasteiger partial charge in [-0.05, 0) is 42.0 Å². The van der Waals surface area contributed by atoms with Crippen molar-refractivity contribution in [3.8, 4) is 22.6 Å². The lowest BCUT2D eigenvalue weighted by Gasteiger charge is -2.22. The molecule has 5 heteroatoms. The van der Waals surface area contributed by atoms with Crippen molar-refractivity contribution in [1.29, 1.82) is 0 Å². The van der Waals surface area contributed by atoms with E-state index in [9.17, 15) is 4.39 Å². The molecule has 0 saturated carbocycles. The first kappa shape index (κ1) is 23.0. The highest BCUT2D eigenvalue weighted by Crippen LogP contribution is 2.46. The van der Waals surface area contributed by atoms with Crippen molar-refractivity contribution in [1.82, 2.24) is 0 Å². The third-order valence-electron chi connectivity index (χ3n) is 5.10. The molecule has 3 aromatic carbocycles. The van der Waals surface area contributed by atoms with Gasteiger partial charge in [-0.3, -0.25) is 0 Å². The molecule has 0 radical (unpaired) electrons. The molecule has 0 aromatic heterocycles. The van der Waals surface area contributed by atoms with Crippen LogP contribution in [-0.4, -0.2) is 11.7 Å². The van der Waals surface area contributed by atoms with Crippen molar-refractivity contribution in [2.24, 2.45) is 0 Å². The standard InChI is InChI=1S/C26H25ClF2O2/c1-4-17-12-13-18(9-8-14-30)26(29)23(17)24-22(16(2)3)21(15-20(28)25(24)27)31-19-10-6-5-7-11-19/h4-7,10-13,15-16,30H,1,8-9,14H2,2-3H3. The maximum Gasteiger partial charge on any atom is 0.146 e. The molecular weight excluding hydrogens is 418 g/mol. The predicted octanol–water partition coefficient (Wildman–Crippen LogP) is 7.77. The molecule has 3 aromatic rings. The van der Waals surface area contributed by atoms with Crippen molar-refractivity contribution in [2.75, 3.05) is 6.61 Å². The number of rotatable bonds is 8. The Labute approximate surface area is 186 Å². The maximum atomic E-state index is 15.7. The SMILES string of the molecule is C=Cc1ccc(CCCO)c(F)c1-c1c(Cl)c(F)cc(Oc2ccccc2)c1C(C)C. The first-order valence-electron chi connectivity index (χ1n) is 10.2. The fourth-order valence-corrected chi connectivity index (χ4v) is 3.91. The third kappa shape index (κ3) is 4.81. The molecule has 0 fully saturated rings. The summed E-state index contributed by atoms with van der Waals surface area (Å²) in [7, 11) is 0. The molecule has 162 valence electrons. The van der Waals surface area contributed by atoms with Gasteiger partial charge in [-0.2, -0.15) is 0 Å². The van der Waals surface area contributed by atoms with Crippen molar-refractivity contribution >= 4 is 17.7 Å². The number of halogens is 3. The van der Waals surface area contributed by atoms with Gasteiger partial charge in [-0.25, -0.2) is 8.78 Å². The van der Waals surface area contributed by atoms with Crippen molar-refractivity contribution < 1.29 is 18.6 Å². The van der Waals surface area contributed by atoms with Crippen LogP contribution < -0.4 is 4.74 Å². The van der Waals surface area contributed by atoms with Crippen molar-refractivity contribution in [3.05, 3.63) is 88.5 Å². The summed E-state index contributed by atoms with van der Waals surface area (Å²) >= 11 is 6.44. The normalized spacial score (nSPS) is 11.1. The van der Waals surface area contributed by atoms with Crippen LogP contribution in [0.2, 0.25) is 5.02 Å². The summed E-state index contributed by atoms with van der Waals surface area (Å²) < 4.78 is 36.6. The lowest BCUT2D eigenvalue weighted by molar-refractivity contribution is 0.288. The smallest absolute Gasteiger partial charge is 0.146 e. The number of hydrogen-bond donors (Lipinski definition) is 1. The molecule has 0 aliphatic heterocycles. The summed E-state index contributed by atoms with van der Waals surface area (Å²) in [5.74, 6) is -0.496. The van der Waals surface area contributed by atoms with Gasteiger partial charge in [0.15, 0.2) is 0 Å². The van der Waals surface area contributed by atoms with Crippen LogP contribution >= 0.6 is 11.6 Å². The van der Waals surface area contributed by atoms with Gasteiger partial charge in [0.05, 0.1) is 5.02 Å². The molecule has 0 heterocycles. The van der Waals surface area contributed by atoms with Crippen LogP contribution in [0, 0.1) is 11.6 Å². The van der Waals surface area contributed by atoms with Crippen molar-refractivity contribution in [3.63, 3.8) is 0 Å². The van der Waals surface area contributed by atoms with Gasteiger partial charge in [0.1, 0.15) is 23.1 Å². The Kier molecular flexibility index (Phi) is 7.47. The van der Waals surface area contributed by atoms with Gasteiger partial charge in [-0.1, -0.05) is 68.4 Å². The van der Waals surface area contributed by atoms with E-state index in [0.29, 0.717) is 35.3 Å². The molecule has 0 saturated heterocycles. The molecule has 31 heavy (non-hydrogen) atoms. The summed E-state index contributed by atoms with van der Waals surface area (Å²) in [5, 5.41) is 8.99. The van der Waals surface area contributed by atoms with Crippen LogP contribution in [-0.2, 0) is 6.42 Å². The van der Waals surface area contributed by atoms with Gasteiger partial charge >= 0.3 is 0 Å². The van der Waals surface area contributed by atoms with Crippen LogP contribution in [0.15, 0.2) is 55.1 Å². The van der Waals surface area contributed by atoms with E-state index in [1.165, 1.54) is 12.1 Å². The molecule has 0 bridgehead atoms. The highest BCUT2D eigenvalue weighted by atomic mass is 35.5. The maximum absolute atomic E-state index is 15.7. The largest absolute Gasteiger partial charge is 0.457 e. The number of aryl methyl sites for hydroxylation is 1. The van der Waals surface area contributed by atoms with E-state index < -0.39 is 11.6 Å². The predicted molar refractivity (Wildman–Crippen MR) is 123 cm³/mol. The lowest BCUT2D eigenvalue weighted by atomic mass is 9.87. The molecule has 0 unspecified atom stereocenters. The Morgan fingerprint density at radius 3 is 2.42 bits per heavy atom. The van der Waals surface area contributed by atoms with E-state index in [-0.39, 0.29) is 34.4 Å². The van der Waals surface area contributed by atoms with E-state index in [4.69, 9.17) is 21.4 Å². The van der Waals surface area contributed by atoms with Gasteiger partial charge in [0, 0.05) is 29.4 Å². The minimum atomic E-state index is -0.692. The van der Waals surface area contributed by atoms with Gasteiger partial charge in [-0.15, -0.1) is 0 Å². The lowest BCUT2D eigenvalue weighted by Crippen LogP contribution is -2.05. The average molecular weight is 443 g/mol. The molecule has 0 aliphatic rings. The Morgan fingerprint density at radius 2 is 1.81 bits per heavy atom. The topological polar surface area (TPSA) is 29.5 Å². The molecular formula is C26H25ClF2O2. The first-order chi connectivity index (χ1) is 14.9. The minimum absolute atomic E-state index is 0.0506. The minimum Gasteiger partial charge on any atom is -0.457 e. The van der Waals surface area contributed by atoms with E-state index >= 15 is 4.39 Å². The molecule has 0 amide bonds. The number of aliphatic hydroxyl groups is 1. The van der Waals surface area contributed by atoms with E-state index in [0.717, 1.165) is 0 Å². The van der Waals surface area contributed by atoms with Crippen LogP contribution in [0.5, 0.6) is 11.5 Å². The molecule has 2 nitrogen and oxygen atoms in total. The molecule has 0 atom stereocenters. The quantitative estimate of drug-likeness (QED) is 0.386. The fourth-order valence-electron chi connectivity index (χ4n) is 3.66. The Bertz CT molecular complexity index is 1080. The monoisotopic (exact) mass is 442 g/mol. The number of aliphatic hydroxyl groups excluding tert-OH is 1. The van der Waals surface area contributed by atoms with Gasteiger partial charge < -0.3 is 9.84 Å². The zero-order valence-electron chi connectivity index (χ0n) is 17.6. The van der Waals surface area contributed by atoms with E-state index in [1.807, 2.05) is 32.0 Å². The number of para-hydroxylation sites is 1. The van der Waals surface area contributed by atoms with Crippen LogP contribution in [0.1, 0.15) is 42.9 Å². The zero-order chi connectivity index (χ0) is 22.5. The molecule has 3 rings (SSSR count). The Balaban J connectivity index is 2.31. The van der Waals surface area contributed by atoms with Crippen LogP contribution in [0.25, 0.3) is 17.2 Å². The van der Waals surface area contributed by atoms with Crippen LogP contribution in [0.4, 0.5) is 8.78 Å². The molecule has 0 aliphatic carbocycles. The van der Waals surface area contributed by atoms with Crippen molar-refractivity contribution in [2.45, 2.75) is 32.6 Å². The zero-order valence-corrected chi connectivity index (χ0v) is 18.3. The summed E-state index contributed by atoms with van der Waals surface area (Å²) in [6, 6.07) is 13.7. The number of benzene rings is 3. The summed E-state index contributed by atoms with van der Waals surface area (Å²) in [6.45, 7) is 7.59. The second kappa shape index (κ2) is 10.1. The van der Waals surface area contributed by atoms with Gasteiger partial charge in [0.2, 0.25) is 0 Å². The highest BCUT2D eigenvalue weighted by Gasteiger charge is 2.26. The van der Waals surface area contributed by atoms with E-state index in [1.54, 1.807) is 24.3 Å². The molecule has 0 spiro atoms. The summed E-state index contributed by atoms with van der Waals surface area (Å²) in [4.78, 5) is 0. The fraction of sp³-hybridized carbons (Fsp3) is 0.231. The van der Waals surface area contributed by atoms with Gasteiger partial charge in [0.25, 0.3) is 0 Å².